The summed E-state index contributed by atoms with van der Waals surface area (Å²) in [5.74, 6) is 1.75. The molecule has 72 heavy (non-hydrogen) atoms. The molecule has 0 amide bonds. The van der Waals surface area contributed by atoms with Crippen molar-refractivity contribution in [3.05, 3.63) is 223 Å². The van der Waals surface area contributed by atoms with Gasteiger partial charge in [0, 0.05) is 49.5 Å². The van der Waals surface area contributed by atoms with Crippen LogP contribution < -0.4 is 0 Å². The Kier molecular flexibility index (Phi) is 10.6. The molecule has 3 heterocycles. The molecule has 0 bridgehead atoms. The van der Waals surface area contributed by atoms with Crippen molar-refractivity contribution in [2.75, 3.05) is 0 Å². The fourth-order valence-electron chi connectivity index (χ4n) is 10.3. The van der Waals surface area contributed by atoms with Gasteiger partial charge < -0.3 is 9.13 Å². The third kappa shape index (κ3) is 7.71. The maximum atomic E-state index is 9.81. The smallest absolute Gasteiger partial charge is 0.164 e. The van der Waals surface area contributed by atoms with Crippen LogP contribution in [0, 0.1) is 11.3 Å². The first-order valence-corrected chi connectivity index (χ1v) is 24.7. The zero-order valence-corrected chi connectivity index (χ0v) is 41.3. The van der Waals surface area contributed by atoms with Crippen molar-refractivity contribution in [1.29, 1.82) is 5.26 Å². The van der Waals surface area contributed by atoms with E-state index in [0.29, 0.717) is 23.0 Å². The highest BCUT2D eigenvalue weighted by atomic mass is 15.0. The SMILES string of the molecule is CC(C)(C)c1ccc2c(c1)c1ccccc1n2-c1ccc(-c2nc(-c3ccccc3)nc(-c3ccccc3)n2)c(-c2cc(-c3ccc(C#N)cc3)ccc2-n2c3ccccc3c3cc(C(C)(C)C)ccc32)c1. The van der Waals surface area contributed by atoms with Crippen molar-refractivity contribution in [3.63, 3.8) is 0 Å². The summed E-state index contributed by atoms with van der Waals surface area (Å²) in [5, 5.41) is 14.6. The highest BCUT2D eigenvalue weighted by Crippen LogP contribution is 2.44. The van der Waals surface area contributed by atoms with Crippen LogP contribution in [0.25, 0.3) is 111 Å². The maximum Gasteiger partial charge on any atom is 0.164 e. The number of hydrogen-bond donors (Lipinski definition) is 0. The Morgan fingerprint density at radius 1 is 0.361 bits per heavy atom. The predicted molar refractivity (Wildman–Crippen MR) is 298 cm³/mol. The minimum atomic E-state index is -0.0382. The van der Waals surface area contributed by atoms with E-state index in [4.69, 9.17) is 15.0 Å². The van der Waals surface area contributed by atoms with Gasteiger partial charge in [-0.1, -0.05) is 169 Å². The molecular weight excluding hydrogens is 877 g/mol. The lowest BCUT2D eigenvalue weighted by Gasteiger charge is -2.21. The molecular formula is C66H52N6. The lowest BCUT2D eigenvalue weighted by molar-refractivity contribution is 0.591. The van der Waals surface area contributed by atoms with Gasteiger partial charge in [-0.15, -0.1) is 0 Å². The van der Waals surface area contributed by atoms with Gasteiger partial charge in [0.05, 0.1) is 39.4 Å². The molecule has 0 radical (unpaired) electrons. The van der Waals surface area contributed by atoms with Crippen LogP contribution in [0.5, 0.6) is 0 Å². The minimum absolute atomic E-state index is 0.0224. The van der Waals surface area contributed by atoms with Gasteiger partial charge in [0.1, 0.15) is 0 Å². The van der Waals surface area contributed by atoms with Crippen molar-refractivity contribution in [2.45, 2.75) is 52.4 Å². The molecule has 12 aromatic rings. The molecule has 6 heteroatoms. The number of rotatable bonds is 7. The first kappa shape index (κ1) is 44.3. The summed E-state index contributed by atoms with van der Waals surface area (Å²) < 4.78 is 4.83. The molecule has 346 valence electrons. The average molecular weight is 929 g/mol. The fourth-order valence-corrected chi connectivity index (χ4v) is 10.3. The van der Waals surface area contributed by atoms with E-state index in [2.05, 4.69) is 202 Å². The molecule has 12 rings (SSSR count). The third-order valence-electron chi connectivity index (χ3n) is 14.2. The lowest BCUT2D eigenvalue weighted by Crippen LogP contribution is -2.10. The van der Waals surface area contributed by atoms with E-state index in [1.54, 1.807) is 0 Å². The molecule has 0 N–H and O–H groups in total. The topological polar surface area (TPSA) is 72.3 Å². The molecule has 0 spiro atoms. The average Bonchev–Trinajstić information content (AvgIpc) is 3.93. The van der Waals surface area contributed by atoms with Gasteiger partial charge in [0.25, 0.3) is 0 Å². The van der Waals surface area contributed by atoms with E-state index >= 15 is 0 Å². The van der Waals surface area contributed by atoms with Gasteiger partial charge >= 0.3 is 0 Å². The molecule has 0 saturated heterocycles. The van der Waals surface area contributed by atoms with E-state index in [1.807, 2.05) is 60.7 Å². The van der Waals surface area contributed by atoms with Crippen LogP contribution in [0.15, 0.2) is 206 Å². The number of fused-ring (bicyclic) bond motifs is 6. The van der Waals surface area contributed by atoms with Crippen LogP contribution in [0.1, 0.15) is 58.2 Å². The molecule has 0 atom stereocenters. The van der Waals surface area contributed by atoms with Crippen molar-refractivity contribution in [1.82, 2.24) is 24.1 Å². The molecule has 9 aromatic carbocycles. The monoisotopic (exact) mass is 928 g/mol. The van der Waals surface area contributed by atoms with Gasteiger partial charge in [-0.2, -0.15) is 5.26 Å². The molecule has 0 aliphatic heterocycles. The normalized spacial score (nSPS) is 12.0. The Balaban J connectivity index is 1.21. The number of para-hydroxylation sites is 2. The molecule has 6 nitrogen and oxygen atoms in total. The summed E-state index contributed by atoms with van der Waals surface area (Å²) >= 11 is 0. The Hall–Kier alpha value is -8.92. The molecule has 0 fully saturated rings. The van der Waals surface area contributed by atoms with Crippen LogP contribution in [-0.4, -0.2) is 24.1 Å². The minimum Gasteiger partial charge on any atom is -0.309 e. The summed E-state index contributed by atoms with van der Waals surface area (Å²) in [6.07, 6.45) is 0. The molecule has 0 unspecified atom stereocenters. The molecule has 0 aliphatic rings. The maximum absolute atomic E-state index is 9.81. The van der Waals surface area contributed by atoms with Crippen LogP contribution in [0.3, 0.4) is 0 Å². The fraction of sp³-hybridized carbons (Fsp3) is 0.121. The lowest BCUT2D eigenvalue weighted by atomic mass is 9.86. The number of hydrogen-bond acceptors (Lipinski definition) is 4. The Morgan fingerprint density at radius 3 is 1.40 bits per heavy atom. The van der Waals surface area contributed by atoms with Crippen LogP contribution in [0.2, 0.25) is 0 Å². The van der Waals surface area contributed by atoms with Gasteiger partial charge in [-0.25, -0.2) is 15.0 Å². The van der Waals surface area contributed by atoms with E-state index in [9.17, 15) is 5.26 Å². The highest BCUT2D eigenvalue weighted by Gasteiger charge is 2.25. The Morgan fingerprint density at radius 2 is 0.847 bits per heavy atom. The van der Waals surface area contributed by atoms with E-state index in [-0.39, 0.29) is 10.8 Å². The summed E-state index contributed by atoms with van der Waals surface area (Å²) in [4.78, 5) is 15.9. The number of nitrogens with zero attached hydrogens (tertiary/aromatic N) is 6. The second-order valence-corrected chi connectivity index (χ2v) is 20.9. The van der Waals surface area contributed by atoms with Crippen molar-refractivity contribution < 1.29 is 0 Å². The zero-order chi connectivity index (χ0) is 49.3. The van der Waals surface area contributed by atoms with Crippen molar-refractivity contribution >= 4 is 43.6 Å². The van der Waals surface area contributed by atoms with Crippen molar-refractivity contribution in [2.24, 2.45) is 0 Å². The van der Waals surface area contributed by atoms with Gasteiger partial charge in [-0.05, 0) is 118 Å². The zero-order valence-electron chi connectivity index (χ0n) is 41.3. The number of benzene rings is 9. The quantitative estimate of drug-likeness (QED) is 0.160. The highest BCUT2D eigenvalue weighted by molar-refractivity contribution is 6.11. The Bertz CT molecular complexity index is 4040. The van der Waals surface area contributed by atoms with Gasteiger partial charge in [0.2, 0.25) is 0 Å². The summed E-state index contributed by atoms with van der Waals surface area (Å²) in [5.41, 5.74) is 16.3. The Labute approximate surface area is 420 Å². The van der Waals surface area contributed by atoms with Crippen molar-refractivity contribution in [3.8, 4) is 73.9 Å². The number of nitriles is 1. The van der Waals surface area contributed by atoms with Crippen LogP contribution in [-0.2, 0) is 10.8 Å². The molecule has 0 saturated carbocycles. The first-order valence-electron chi connectivity index (χ1n) is 24.7. The molecule has 0 aliphatic carbocycles. The summed E-state index contributed by atoms with van der Waals surface area (Å²) in [7, 11) is 0. The van der Waals surface area contributed by atoms with Gasteiger partial charge in [-0.3, -0.25) is 0 Å². The van der Waals surface area contributed by atoms with Crippen LogP contribution >= 0.6 is 0 Å². The second kappa shape index (κ2) is 17.2. The van der Waals surface area contributed by atoms with Gasteiger partial charge in [0.15, 0.2) is 17.5 Å². The molecule has 3 aromatic heterocycles. The second-order valence-electron chi connectivity index (χ2n) is 20.9. The predicted octanol–water partition coefficient (Wildman–Crippen LogP) is 16.9. The summed E-state index contributed by atoms with van der Waals surface area (Å²) in [6, 6.07) is 75.4. The van der Waals surface area contributed by atoms with E-state index in [0.717, 1.165) is 72.4 Å². The first-order chi connectivity index (χ1) is 34.9. The number of aromatic nitrogens is 5. The standard InChI is InChI=1S/C66H52N6/c1-65(2,3)47-30-35-59-55(38-47)50-21-13-15-23-57(50)71(59)49-32-33-52(64-69-62(44-17-9-7-10-18-44)68-63(70-64)45-19-11-8-12-20-45)53(40-49)54-37-46(43-27-25-42(41-67)26-28-43)29-34-60(54)72-58-24-16-14-22-51(58)56-39-48(66(4,5)6)31-36-61(56)72/h7-40H,1-6H3. The van der Waals surface area contributed by atoms with E-state index < -0.39 is 0 Å². The summed E-state index contributed by atoms with van der Waals surface area (Å²) in [6.45, 7) is 13.6. The largest absolute Gasteiger partial charge is 0.309 e. The third-order valence-corrected chi connectivity index (χ3v) is 14.2. The van der Waals surface area contributed by atoms with Crippen LogP contribution in [0.4, 0.5) is 0 Å². The van der Waals surface area contributed by atoms with E-state index in [1.165, 1.54) is 32.7 Å².